The van der Waals surface area contributed by atoms with Crippen molar-refractivity contribution in [1.29, 1.82) is 0 Å². The van der Waals surface area contributed by atoms with Crippen molar-refractivity contribution in [3.05, 3.63) is 0 Å². The number of carbonyl (C=O) groups is 2. The Morgan fingerprint density at radius 1 is 1.16 bits per heavy atom. The van der Waals surface area contributed by atoms with Crippen LogP contribution in [-0.4, -0.2) is 51.0 Å². The second-order valence-electron chi connectivity index (χ2n) is 9.63. The molecule has 6 nitrogen and oxygen atoms in total. The van der Waals surface area contributed by atoms with Gasteiger partial charge in [0.1, 0.15) is 11.9 Å². The zero-order valence-electron chi connectivity index (χ0n) is 14.6. The summed E-state index contributed by atoms with van der Waals surface area (Å²) in [5, 5.41) is 31.7. The zero-order valence-corrected chi connectivity index (χ0v) is 14.6. The third kappa shape index (κ3) is 1.59. The largest absolute Gasteiger partial charge is 0.462 e. The highest BCUT2D eigenvalue weighted by Gasteiger charge is 2.83. The van der Waals surface area contributed by atoms with E-state index in [0.29, 0.717) is 25.7 Å². The topological polar surface area (TPSA) is 104 Å². The zero-order chi connectivity index (χ0) is 17.9. The molecule has 25 heavy (non-hydrogen) atoms. The molecule has 0 aromatic heterocycles. The highest BCUT2D eigenvalue weighted by atomic mass is 16.6. The smallest absolute Gasteiger partial charge is 0.310 e. The van der Waals surface area contributed by atoms with Gasteiger partial charge < -0.3 is 20.1 Å². The first kappa shape index (κ1) is 16.2. The van der Waals surface area contributed by atoms with Crippen LogP contribution in [0.3, 0.4) is 0 Å². The molecule has 0 aromatic carbocycles. The van der Waals surface area contributed by atoms with E-state index >= 15 is 0 Å². The molecule has 10 atom stereocenters. The highest BCUT2D eigenvalue weighted by Crippen LogP contribution is 2.76. The minimum Gasteiger partial charge on any atom is -0.462 e. The standard InChI is InChI=1S/C19H26O6/c1-8(7-20)9-3-18(24)5-10-15(21)13-12-11(6-17(13,2)23)25-16(22)14(12)19(10,18)4-9/h8-14,20,23-24H,3-7H2,1-2H3/t8-,9+,10+,11+,12+,13-,14-,17-,18-,19-/m1/s1. The molecule has 0 unspecified atom stereocenters. The van der Waals surface area contributed by atoms with Crippen LogP contribution in [0.1, 0.15) is 39.5 Å². The maximum Gasteiger partial charge on any atom is 0.310 e. The summed E-state index contributed by atoms with van der Waals surface area (Å²) < 4.78 is 5.59. The number of ketones is 1. The first-order valence-electron chi connectivity index (χ1n) is 9.46. The van der Waals surface area contributed by atoms with Crippen molar-refractivity contribution in [2.24, 2.45) is 40.9 Å². The van der Waals surface area contributed by atoms with Gasteiger partial charge in [-0.25, -0.2) is 0 Å². The van der Waals surface area contributed by atoms with Crippen molar-refractivity contribution < 1.29 is 29.6 Å². The molecular formula is C19H26O6. The Morgan fingerprint density at radius 3 is 2.56 bits per heavy atom. The summed E-state index contributed by atoms with van der Waals surface area (Å²) in [7, 11) is 0. The third-order valence-corrected chi connectivity index (χ3v) is 8.53. The van der Waals surface area contributed by atoms with Gasteiger partial charge in [0.05, 0.1) is 23.0 Å². The SMILES string of the molecule is C[C@H](CO)[C@H]1C[C@@]2(O)C[C@H]3C(=O)[C@H]4[C@@H]5[C@H](C[C@@]4(C)O)OC(=O)[C@@H]5[C@@]32C1. The molecule has 4 aliphatic carbocycles. The van der Waals surface area contributed by atoms with E-state index in [9.17, 15) is 24.9 Å². The van der Waals surface area contributed by atoms with Crippen LogP contribution < -0.4 is 0 Å². The molecule has 5 rings (SSSR count). The van der Waals surface area contributed by atoms with Gasteiger partial charge in [-0.2, -0.15) is 0 Å². The quantitative estimate of drug-likeness (QED) is 0.618. The molecule has 0 bridgehead atoms. The Morgan fingerprint density at radius 2 is 1.88 bits per heavy atom. The summed E-state index contributed by atoms with van der Waals surface area (Å²) in [5.41, 5.74) is -2.93. The van der Waals surface area contributed by atoms with E-state index in [-0.39, 0.29) is 42.0 Å². The lowest BCUT2D eigenvalue weighted by Crippen LogP contribution is -2.72. The van der Waals surface area contributed by atoms with Gasteiger partial charge in [0.25, 0.3) is 0 Å². The van der Waals surface area contributed by atoms with E-state index in [4.69, 9.17) is 4.74 Å². The molecule has 1 aliphatic heterocycles. The van der Waals surface area contributed by atoms with Gasteiger partial charge in [-0.3, -0.25) is 9.59 Å². The molecule has 138 valence electrons. The number of esters is 1. The first-order chi connectivity index (χ1) is 11.7. The number of aliphatic hydroxyl groups excluding tert-OH is 1. The van der Waals surface area contributed by atoms with E-state index in [1.165, 1.54) is 0 Å². The molecule has 5 fully saturated rings. The predicted molar refractivity (Wildman–Crippen MR) is 85.1 cm³/mol. The van der Waals surface area contributed by atoms with Crippen molar-refractivity contribution in [1.82, 2.24) is 0 Å². The lowest BCUT2D eigenvalue weighted by molar-refractivity contribution is -0.242. The van der Waals surface area contributed by atoms with Gasteiger partial charge in [0.15, 0.2) is 0 Å². The minimum atomic E-state index is -1.14. The third-order valence-electron chi connectivity index (χ3n) is 8.53. The van der Waals surface area contributed by atoms with E-state index in [0.717, 1.165) is 0 Å². The number of Topliss-reactive ketones (excluding diaryl/α,β-unsaturated/α-hetero) is 1. The van der Waals surface area contributed by atoms with Crippen LogP contribution in [0.2, 0.25) is 0 Å². The fraction of sp³-hybridized carbons (Fsp3) is 0.895. The molecule has 5 aliphatic rings. The van der Waals surface area contributed by atoms with E-state index < -0.39 is 34.6 Å². The van der Waals surface area contributed by atoms with Crippen molar-refractivity contribution in [2.75, 3.05) is 6.61 Å². The summed E-state index contributed by atoms with van der Waals surface area (Å²) in [4.78, 5) is 26.0. The summed E-state index contributed by atoms with van der Waals surface area (Å²) >= 11 is 0. The van der Waals surface area contributed by atoms with Crippen LogP contribution in [0.4, 0.5) is 0 Å². The normalized spacial score (nSPS) is 59.7. The minimum absolute atomic E-state index is 0.00836. The van der Waals surface area contributed by atoms with Crippen LogP contribution in [0.25, 0.3) is 0 Å². The predicted octanol–water partition coefficient (Wildman–Crippen LogP) is 0.274. The Bertz CT molecular complexity index is 673. The summed E-state index contributed by atoms with van der Waals surface area (Å²) in [6.45, 7) is 3.66. The van der Waals surface area contributed by atoms with Gasteiger partial charge in [0, 0.05) is 30.3 Å². The average molecular weight is 350 g/mol. The van der Waals surface area contributed by atoms with Crippen LogP contribution in [0.5, 0.6) is 0 Å². The van der Waals surface area contributed by atoms with Gasteiger partial charge in [-0.05, 0) is 38.0 Å². The number of rotatable bonds is 2. The fourth-order valence-corrected chi connectivity index (χ4v) is 7.46. The number of aliphatic hydroxyl groups is 3. The lowest BCUT2D eigenvalue weighted by atomic mass is 9.39. The fourth-order valence-electron chi connectivity index (χ4n) is 7.46. The van der Waals surface area contributed by atoms with Crippen molar-refractivity contribution >= 4 is 11.8 Å². The van der Waals surface area contributed by atoms with Crippen molar-refractivity contribution in [2.45, 2.75) is 56.8 Å². The Kier molecular flexibility index (Phi) is 2.89. The van der Waals surface area contributed by atoms with E-state index in [1.807, 2.05) is 6.92 Å². The van der Waals surface area contributed by atoms with Crippen LogP contribution in [0.15, 0.2) is 0 Å². The Hall–Kier alpha value is -0.980. The maximum atomic E-state index is 13.2. The number of carbonyl (C=O) groups excluding carboxylic acids is 2. The molecule has 1 saturated heterocycles. The monoisotopic (exact) mass is 350 g/mol. The second kappa shape index (κ2) is 4.46. The van der Waals surface area contributed by atoms with Gasteiger partial charge in [-0.15, -0.1) is 0 Å². The molecule has 0 amide bonds. The van der Waals surface area contributed by atoms with E-state index in [2.05, 4.69) is 0 Å². The first-order valence-corrected chi connectivity index (χ1v) is 9.46. The molecule has 3 N–H and O–H groups in total. The Labute approximate surface area is 146 Å². The van der Waals surface area contributed by atoms with E-state index in [1.54, 1.807) is 6.92 Å². The van der Waals surface area contributed by atoms with Gasteiger partial charge in [-0.1, -0.05) is 6.92 Å². The molecule has 6 heteroatoms. The summed E-state index contributed by atoms with van der Waals surface area (Å²) in [6.07, 6.45) is 1.36. The molecule has 4 saturated carbocycles. The molecule has 0 aromatic rings. The number of ether oxygens (including phenoxy) is 1. The van der Waals surface area contributed by atoms with Crippen molar-refractivity contribution in [3.8, 4) is 0 Å². The lowest BCUT2D eigenvalue weighted by Gasteiger charge is -2.64. The molecule has 1 heterocycles. The second-order valence-corrected chi connectivity index (χ2v) is 9.63. The van der Waals surface area contributed by atoms with Crippen molar-refractivity contribution in [3.63, 3.8) is 0 Å². The molecule has 1 spiro atoms. The maximum absolute atomic E-state index is 13.2. The molecular weight excluding hydrogens is 324 g/mol. The summed E-state index contributed by atoms with van der Waals surface area (Å²) in [6, 6.07) is 0. The summed E-state index contributed by atoms with van der Waals surface area (Å²) in [5.74, 6) is -1.94. The van der Waals surface area contributed by atoms with Crippen LogP contribution >= 0.6 is 0 Å². The molecule has 0 radical (unpaired) electrons. The van der Waals surface area contributed by atoms with Gasteiger partial charge >= 0.3 is 5.97 Å². The van der Waals surface area contributed by atoms with Gasteiger partial charge in [0.2, 0.25) is 0 Å². The number of hydrogen-bond acceptors (Lipinski definition) is 6. The van der Waals surface area contributed by atoms with Crippen LogP contribution in [-0.2, 0) is 14.3 Å². The average Bonchev–Trinajstić information content (AvgIpc) is 3.03. The highest BCUT2D eigenvalue weighted by molar-refractivity contribution is 5.93. The Balaban J connectivity index is 1.62. The number of hydrogen-bond donors (Lipinski definition) is 3. The van der Waals surface area contributed by atoms with Crippen LogP contribution in [0, 0.1) is 40.9 Å².